The summed E-state index contributed by atoms with van der Waals surface area (Å²) >= 11 is 7.77. The van der Waals surface area contributed by atoms with Crippen LogP contribution in [0, 0.1) is 0 Å². The summed E-state index contributed by atoms with van der Waals surface area (Å²) < 4.78 is 0. The van der Waals surface area contributed by atoms with Crippen molar-refractivity contribution in [1.82, 2.24) is 5.32 Å². The van der Waals surface area contributed by atoms with Crippen molar-refractivity contribution < 1.29 is 4.79 Å². The molecular weight excluding hydrogens is 412 g/mol. The monoisotopic (exact) mass is 436 g/mol. The molecule has 3 nitrogen and oxygen atoms in total. The Labute approximate surface area is 187 Å². The van der Waals surface area contributed by atoms with Crippen molar-refractivity contribution in [3.63, 3.8) is 0 Å². The van der Waals surface area contributed by atoms with Gasteiger partial charge in [0.2, 0.25) is 5.91 Å². The molecule has 154 valence electrons. The second-order valence-corrected chi connectivity index (χ2v) is 8.75. The molecule has 0 aromatic heterocycles. The van der Waals surface area contributed by atoms with Crippen molar-refractivity contribution in [3.8, 4) is 0 Å². The van der Waals surface area contributed by atoms with Gasteiger partial charge in [0.05, 0.1) is 11.4 Å². The smallest absolute Gasteiger partial charge is 0.223 e. The minimum absolute atomic E-state index is 0.0288. The fourth-order valence-electron chi connectivity index (χ4n) is 3.07. The highest BCUT2D eigenvalue weighted by molar-refractivity contribution is 8.03. The van der Waals surface area contributed by atoms with Crippen molar-refractivity contribution in [2.75, 3.05) is 0 Å². The second-order valence-electron chi connectivity index (χ2n) is 7.18. The van der Waals surface area contributed by atoms with Crippen molar-refractivity contribution in [1.29, 1.82) is 0 Å². The number of rotatable bonds is 7. The first kappa shape index (κ1) is 22.1. The van der Waals surface area contributed by atoms with Crippen molar-refractivity contribution >= 4 is 35.0 Å². The number of fused-ring (bicyclic) bond motifs is 1. The number of allylic oxidation sites excluding steroid dienone is 3. The Bertz CT molecular complexity index is 1020. The zero-order chi connectivity index (χ0) is 21.5. The van der Waals surface area contributed by atoms with E-state index in [4.69, 9.17) is 16.6 Å². The highest BCUT2D eigenvalue weighted by Crippen LogP contribution is 2.38. The molecule has 0 unspecified atom stereocenters. The van der Waals surface area contributed by atoms with E-state index in [0.29, 0.717) is 17.9 Å². The number of amides is 1. The molecule has 0 radical (unpaired) electrons. The maximum atomic E-state index is 11.8. The SMILES string of the molecule is C=CC1=C(C/C=C\CC(=O)NC(C)C)Sc2ccccc2C(c2ccc(Cl)cc2)=N1. The van der Waals surface area contributed by atoms with Crippen LogP contribution in [0.2, 0.25) is 5.02 Å². The number of hydrogen-bond donors (Lipinski definition) is 1. The average Bonchev–Trinajstić information content (AvgIpc) is 2.88. The normalized spacial score (nSPS) is 13.8. The van der Waals surface area contributed by atoms with Gasteiger partial charge in [0.25, 0.3) is 0 Å². The summed E-state index contributed by atoms with van der Waals surface area (Å²) in [7, 11) is 0. The number of benzene rings is 2. The lowest BCUT2D eigenvalue weighted by molar-refractivity contribution is -0.120. The predicted octanol–water partition coefficient (Wildman–Crippen LogP) is 6.54. The van der Waals surface area contributed by atoms with Crippen LogP contribution in [0.15, 0.2) is 93.8 Å². The summed E-state index contributed by atoms with van der Waals surface area (Å²) in [6, 6.07) is 16.1. The summed E-state index contributed by atoms with van der Waals surface area (Å²) in [5, 5.41) is 3.59. The maximum Gasteiger partial charge on any atom is 0.223 e. The molecule has 1 aliphatic heterocycles. The van der Waals surface area contributed by atoms with E-state index in [1.165, 1.54) is 0 Å². The zero-order valence-corrected chi connectivity index (χ0v) is 18.8. The molecule has 0 saturated heterocycles. The van der Waals surface area contributed by atoms with E-state index in [2.05, 4.69) is 24.0 Å². The van der Waals surface area contributed by atoms with Gasteiger partial charge in [-0.2, -0.15) is 0 Å². The van der Waals surface area contributed by atoms with Gasteiger partial charge in [0, 0.05) is 38.4 Å². The molecule has 2 aromatic rings. The molecule has 1 aliphatic rings. The minimum atomic E-state index is 0.0288. The number of halogens is 1. The van der Waals surface area contributed by atoms with Crippen LogP contribution in [0.4, 0.5) is 0 Å². The van der Waals surface area contributed by atoms with Gasteiger partial charge in [-0.25, -0.2) is 4.99 Å². The largest absolute Gasteiger partial charge is 0.354 e. The van der Waals surface area contributed by atoms with Crippen LogP contribution < -0.4 is 5.32 Å². The summed E-state index contributed by atoms with van der Waals surface area (Å²) in [6.45, 7) is 7.90. The first-order valence-electron chi connectivity index (χ1n) is 9.89. The molecule has 0 aliphatic carbocycles. The highest BCUT2D eigenvalue weighted by Gasteiger charge is 2.19. The third kappa shape index (κ3) is 5.74. The molecule has 3 rings (SSSR count). The Kier molecular flexibility index (Phi) is 7.72. The molecule has 0 spiro atoms. The quantitative estimate of drug-likeness (QED) is 0.500. The lowest BCUT2D eigenvalue weighted by Crippen LogP contribution is -2.29. The number of nitrogens with zero attached hydrogens (tertiary/aromatic N) is 1. The first-order valence-corrected chi connectivity index (χ1v) is 11.1. The number of carbonyl (C=O) groups excluding carboxylic acids is 1. The summed E-state index contributed by atoms with van der Waals surface area (Å²) in [5.41, 5.74) is 3.84. The van der Waals surface area contributed by atoms with Gasteiger partial charge in [-0.05, 0) is 44.5 Å². The molecule has 0 bridgehead atoms. The van der Waals surface area contributed by atoms with Gasteiger partial charge in [0.15, 0.2) is 0 Å². The Balaban J connectivity index is 1.91. The third-order valence-electron chi connectivity index (χ3n) is 4.43. The number of nitrogens with one attached hydrogen (secondary N) is 1. The zero-order valence-electron chi connectivity index (χ0n) is 17.2. The van der Waals surface area contributed by atoms with Gasteiger partial charge in [-0.3, -0.25) is 4.79 Å². The van der Waals surface area contributed by atoms with E-state index in [9.17, 15) is 4.79 Å². The number of carbonyl (C=O) groups is 1. The molecule has 2 aromatic carbocycles. The maximum absolute atomic E-state index is 11.8. The molecule has 30 heavy (non-hydrogen) atoms. The van der Waals surface area contributed by atoms with Crippen molar-refractivity contribution in [3.05, 3.63) is 100 Å². The van der Waals surface area contributed by atoms with Crippen LogP contribution in [0.1, 0.15) is 37.8 Å². The van der Waals surface area contributed by atoms with Gasteiger partial charge >= 0.3 is 0 Å². The van der Waals surface area contributed by atoms with E-state index in [1.807, 2.05) is 62.4 Å². The fraction of sp³-hybridized carbons (Fsp3) is 0.200. The lowest BCUT2D eigenvalue weighted by atomic mass is 10.0. The molecule has 1 N–H and O–H groups in total. The molecule has 1 heterocycles. The Morgan fingerprint density at radius 3 is 2.60 bits per heavy atom. The number of aliphatic imine (C=N–C) groups is 1. The van der Waals surface area contributed by atoms with Crippen LogP contribution >= 0.6 is 23.4 Å². The minimum Gasteiger partial charge on any atom is -0.354 e. The van der Waals surface area contributed by atoms with Crippen molar-refractivity contribution in [2.45, 2.75) is 37.6 Å². The van der Waals surface area contributed by atoms with Crippen LogP contribution in [0.25, 0.3) is 0 Å². The van der Waals surface area contributed by atoms with Crippen LogP contribution in [-0.2, 0) is 4.79 Å². The number of thioether (sulfide) groups is 1. The van der Waals surface area contributed by atoms with E-state index in [0.717, 1.165) is 32.3 Å². The van der Waals surface area contributed by atoms with E-state index >= 15 is 0 Å². The number of hydrogen-bond acceptors (Lipinski definition) is 3. The lowest BCUT2D eigenvalue weighted by Gasteiger charge is -2.09. The summed E-state index contributed by atoms with van der Waals surface area (Å²) in [4.78, 5) is 19.1. The molecular formula is C25H25ClN2OS. The molecule has 5 heteroatoms. The highest BCUT2D eigenvalue weighted by atomic mass is 35.5. The Morgan fingerprint density at radius 2 is 1.90 bits per heavy atom. The van der Waals surface area contributed by atoms with Crippen LogP contribution in [-0.4, -0.2) is 17.7 Å². The topological polar surface area (TPSA) is 41.5 Å². The van der Waals surface area contributed by atoms with E-state index in [1.54, 1.807) is 17.8 Å². The fourth-order valence-corrected chi connectivity index (χ4v) is 4.30. The van der Waals surface area contributed by atoms with Gasteiger partial charge < -0.3 is 5.32 Å². The summed E-state index contributed by atoms with van der Waals surface area (Å²) in [6.07, 6.45) is 6.79. The van der Waals surface area contributed by atoms with Gasteiger partial charge in [-0.15, -0.1) is 0 Å². The predicted molar refractivity (Wildman–Crippen MR) is 128 cm³/mol. The van der Waals surface area contributed by atoms with Gasteiger partial charge in [-0.1, -0.05) is 72.4 Å². The average molecular weight is 437 g/mol. The van der Waals surface area contributed by atoms with Crippen molar-refractivity contribution in [2.24, 2.45) is 4.99 Å². The summed E-state index contributed by atoms with van der Waals surface area (Å²) in [5.74, 6) is 0.0288. The van der Waals surface area contributed by atoms with E-state index in [-0.39, 0.29) is 11.9 Å². The molecule has 0 saturated carbocycles. The van der Waals surface area contributed by atoms with Gasteiger partial charge in [0.1, 0.15) is 0 Å². The van der Waals surface area contributed by atoms with Crippen LogP contribution in [0.5, 0.6) is 0 Å². The standard InChI is InChI=1S/C25H25ClN2OS/c1-4-21-23(11-7-8-12-24(29)27-17(2)3)30-22-10-6-5-9-20(22)25(28-21)18-13-15-19(26)16-14-18/h4-10,13-17H,1,11-12H2,2-3H3,(H,27,29)/b8-7-. The molecule has 0 fully saturated rings. The third-order valence-corrected chi connectivity index (χ3v) is 5.88. The molecule has 0 atom stereocenters. The second kappa shape index (κ2) is 10.5. The van der Waals surface area contributed by atoms with E-state index < -0.39 is 0 Å². The van der Waals surface area contributed by atoms with Crippen LogP contribution in [0.3, 0.4) is 0 Å². The first-order chi connectivity index (χ1) is 14.5. The molecule has 1 amide bonds. The Morgan fingerprint density at radius 1 is 1.17 bits per heavy atom. The Hall–Kier alpha value is -2.56.